The molecule has 3 rings (SSSR count). The predicted molar refractivity (Wildman–Crippen MR) is 106 cm³/mol. The Morgan fingerprint density at radius 2 is 1.57 bits per heavy atom. The van der Waals surface area contributed by atoms with Crippen LogP contribution in [0.5, 0.6) is 0 Å². The van der Waals surface area contributed by atoms with Gasteiger partial charge in [0.1, 0.15) is 17.2 Å². The van der Waals surface area contributed by atoms with Crippen LogP contribution in [-0.4, -0.2) is 16.8 Å². The number of pyridine rings is 1. The van der Waals surface area contributed by atoms with Gasteiger partial charge >= 0.3 is 0 Å². The third-order valence-corrected chi connectivity index (χ3v) is 4.23. The molecule has 5 nitrogen and oxygen atoms in total. The van der Waals surface area contributed by atoms with Crippen molar-refractivity contribution in [2.45, 2.75) is 19.9 Å². The molecule has 1 heterocycles. The number of nitrogens with zero attached hydrogens (tertiary/aromatic N) is 1. The number of halogens is 1. The SMILES string of the molecule is CCc1ccc(NC(=O)c2cccc(C(=O)NCc3ccccc3F)n2)cc1. The molecular weight excluding hydrogens is 357 g/mol. The van der Waals surface area contributed by atoms with E-state index in [0.29, 0.717) is 11.3 Å². The first-order valence-electron chi connectivity index (χ1n) is 8.95. The van der Waals surface area contributed by atoms with Crippen LogP contribution in [-0.2, 0) is 13.0 Å². The highest BCUT2D eigenvalue weighted by atomic mass is 19.1. The monoisotopic (exact) mass is 377 g/mol. The van der Waals surface area contributed by atoms with Crippen molar-refractivity contribution in [3.63, 3.8) is 0 Å². The van der Waals surface area contributed by atoms with Gasteiger partial charge < -0.3 is 10.6 Å². The lowest BCUT2D eigenvalue weighted by Crippen LogP contribution is -2.25. The number of benzene rings is 2. The van der Waals surface area contributed by atoms with Crippen molar-refractivity contribution < 1.29 is 14.0 Å². The number of anilines is 1. The smallest absolute Gasteiger partial charge is 0.274 e. The highest BCUT2D eigenvalue weighted by Gasteiger charge is 2.13. The number of hydrogen-bond donors (Lipinski definition) is 2. The molecule has 2 aromatic carbocycles. The Balaban J connectivity index is 1.66. The van der Waals surface area contributed by atoms with Crippen LogP contribution in [0.1, 0.15) is 39.0 Å². The number of nitrogens with one attached hydrogen (secondary N) is 2. The van der Waals surface area contributed by atoms with Crippen LogP contribution in [0.15, 0.2) is 66.7 Å². The molecule has 6 heteroatoms. The van der Waals surface area contributed by atoms with Crippen LogP contribution in [0.4, 0.5) is 10.1 Å². The second-order valence-electron chi connectivity index (χ2n) is 6.19. The minimum Gasteiger partial charge on any atom is -0.347 e. The minimum absolute atomic E-state index is 0.0351. The van der Waals surface area contributed by atoms with E-state index in [-0.39, 0.29) is 17.9 Å². The number of aryl methyl sites for hydroxylation is 1. The summed E-state index contributed by atoms with van der Waals surface area (Å²) in [5.74, 6) is -1.28. The lowest BCUT2D eigenvalue weighted by molar-refractivity contribution is 0.0945. The number of hydrogen-bond acceptors (Lipinski definition) is 3. The largest absolute Gasteiger partial charge is 0.347 e. The molecular formula is C22H20FN3O2. The van der Waals surface area contributed by atoms with Gasteiger partial charge in [-0.25, -0.2) is 9.37 Å². The molecule has 28 heavy (non-hydrogen) atoms. The van der Waals surface area contributed by atoms with E-state index in [1.54, 1.807) is 24.3 Å². The number of amides is 2. The Morgan fingerprint density at radius 1 is 0.893 bits per heavy atom. The quantitative estimate of drug-likeness (QED) is 0.683. The van der Waals surface area contributed by atoms with E-state index in [0.717, 1.165) is 6.42 Å². The first-order valence-corrected chi connectivity index (χ1v) is 8.95. The van der Waals surface area contributed by atoms with E-state index in [2.05, 4.69) is 22.5 Å². The van der Waals surface area contributed by atoms with Crippen molar-refractivity contribution in [2.24, 2.45) is 0 Å². The molecule has 0 bridgehead atoms. The first-order chi connectivity index (χ1) is 13.6. The lowest BCUT2D eigenvalue weighted by Gasteiger charge is -2.08. The van der Waals surface area contributed by atoms with Gasteiger partial charge in [-0.15, -0.1) is 0 Å². The normalized spacial score (nSPS) is 10.4. The predicted octanol–water partition coefficient (Wildman–Crippen LogP) is 3.97. The molecule has 0 aliphatic heterocycles. The molecule has 0 aliphatic carbocycles. The highest BCUT2D eigenvalue weighted by molar-refractivity contribution is 6.03. The summed E-state index contributed by atoms with van der Waals surface area (Å²) in [5, 5.41) is 5.37. The third-order valence-electron chi connectivity index (χ3n) is 4.23. The standard InChI is InChI=1S/C22H20FN3O2/c1-2-15-10-12-17(13-11-15)25-22(28)20-9-5-8-19(26-20)21(27)24-14-16-6-3-4-7-18(16)23/h3-13H,2,14H2,1H3,(H,24,27)(H,25,28). The number of carbonyl (C=O) groups excluding carboxylic acids is 2. The summed E-state index contributed by atoms with van der Waals surface area (Å²) in [7, 11) is 0. The van der Waals surface area contributed by atoms with Gasteiger partial charge in [-0.3, -0.25) is 9.59 Å². The second kappa shape index (κ2) is 8.90. The number of carbonyl (C=O) groups is 2. The number of rotatable bonds is 6. The van der Waals surface area contributed by atoms with E-state index in [9.17, 15) is 14.0 Å². The maximum Gasteiger partial charge on any atom is 0.274 e. The van der Waals surface area contributed by atoms with Gasteiger partial charge in [0, 0.05) is 17.8 Å². The Kier molecular flexibility index (Phi) is 6.11. The van der Waals surface area contributed by atoms with Crippen molar-refractivity contribution in [1.82, 2.24) is 10.3 Å². The minimum atomic E-state index is -0.481. The van der Waals surface area contributed by atoms with E-state index in [1.165, 1.54) is 23.8 Å². The summed E-state index contributed by atoms with van der Waals surface area (Å²) >= 11 is 0. The Hall–Kier alpha value is -3.54. The molecule has 0 atom stereocenters. The Labute approximate surface area is 162 Å². The zero-order valence-electron chi connectivity index (χ0n) is 15.4. The topological polar surface area (TPSA) is 71.1 Å². The van der Waals surface area contributed by atoms with Gasteiger partial charge in [-0.1, -0.05) is 43.3 Å². The fraction of sp³-hybridized carbons (Fsp3) is 0.136. The molecule has 0 saturated carbocycles. The zero-order chi connectivity index (χ0) is 19.9. The molecule has 1 aromatic heterocycles. The van der Waals surface area contributed by atoms with Crippen molar-refractivity contribution in [3.05, 3.63) is 95.1 Å². The lowest BCUT2D eigenvalue weighted by atomic mass is 10.1. The summed E-state index contributed by atoms with van der Waals surface area (Å²) in [6.45, 7) is 2.09. The van der Waals surface area contributed by atoms with E-state index >= 15 is 0 Å². The van der Waals surface area contributed by atoms with Crippen LogP contribution in [0.25, 0.3) is 0 Å². The Morgan fingerprint density at radius 3 is 2.25 bits per heavy atom. The second-order valence-corrected chi connectivity index (χ2v) is 6.19. The van der Waals surface area contributed by atoms with Crippen LogP contribution in [0.3, 0.4) is 0 Å². The fourth-order valence-corrected chi connectivity index (χ4v) is 2.61. The molecule has 3 aromatic rings. The summed E-state index contributed by atoms with van der Waals surface area (Å²) in [6.07, 6.45) is 0.916. The van der Waals surface area contributed by atoms with Gasteiger partial charge in [0.05, 0.1) is 0 Å². The van der Waals surface area contributed by atoms with Gasteiger partial charge in [0.25, 0.3) is 11.8 Å². The number of aromatic nitrogens is 1. The van der Waals surface area contributed by atoms with Crippen LogP contribution >= 0.6 is 0 Å². The molecule has 0 radical (unpaired) electrons. The maximum atomic E-state index is 13.6. The highest BCUT2D eigenvalue weighted by Crippen LogP contribution is 2.12. The van der Waals surface area contributed by atoms with E-state index in [1.807, 2.05) is 24.3 Å². The summed E-state index contributed by atoms with van der Waals surface area (Å²) < 4.78 is 13.6. The van der Waals surface area contributed by atoms with E-state index in [4.69, 9.17) is 0 Å². The zero-order valence-corrected chi connectivity index (χ0v) is 15.4. The summed E-state index contributed by atoms with van der Waals surface area (Å²) in [6, 6.07) is 18.3. The van der Waals surface area contributed by atoms with Crippen LogP contribution in [0, 0.1) is 5.82 Å². The first kappa shape index (κ1) is 19.2. The van der Waals surface area contributed by atoms with Crippen molar-refractivity contribution in [1.29, 1.82) is 0 Å². The Bertz CT molecular complexity index is 987. The third kappa shape index (κ3) is 4.79. The molecule has 0 saturated heterocycles. The average Bonchev–Trinajstić information content (AvgIpc) is 2.73. The van der Waals surface area contributed by atoms with Crippen molar-refractivity contribution >= 4 is 17.5 Å². The summed E-state index contributed by atoms with van der Waals surface area (Å²) in [5.41, 5.74) is 2.41. The molecule has 0 aliphatic rings. The molecule has 0 unspecified atom stereocenters. The fourth-order valence-electron chi connectivity index (χ4n) is 2.61. The average molecular weight is 377 g/mol. The molecule has 0 fully saturated rings. The van der Waals surface area contributed by atoms with Gasteiger partial charge in [0.15, 0.2) is 0 Å². The van der Waals surface area contributed by atoms with E-state index < -0.39 is 17.6 Å². The van der Waals surface area contributed by atoms with Gasteiger partial charge in [-0.2, -0.15) is 0 Å². The van der Waals surface area contributed by atoms with Gasteiger partial charge in [0.2, 0.25) is 0 Å². The van der Waals surface area contributed by atoms with Crippen molar-refractivity contribution in [2.75, 3.05) is 5.32 Å². The van der Waals surface area contributed by atoms with Crippen LogP contribution < -0.4 is 10.6 Å². The molecule has 142 valence electrons. The maximum absolute atomic E-state index is 13.6. The van der Waals surface area contributed by atoms with Crippen molar-refractivity contribution in [3.8, 4) is 0 Å². The molecule has 0 spiro atoms. The summed E-state index contributed by atoms with van der Waals surface area (Å²) in [4.78, 5) is 28.8. The van der Waals surface area contributed by atoms with Gasteiger partial charge in [-0.05, 0) is 42.3 Å². The van der Waals surface area contributed by atoms with Crippen LogP contribution in [0.2, 0.25) is 0 Å². The molecule has 2 N–H and O–H groups in total. The molecule has 2 amide bonds.